The molecular formula is C15H21BrN2O. The normalized spacial score (nSPS) is 17.1. The molecule has 4 heteroatoms. The molecule has 0 aliphatic carbocycles. The summed E-state index contributed by atoms with van der Waals surface area (Å²) in [6.07, 6.45) is 0. The van der Waals surface area contributed by atoms with E-state index >= 15 is 0 Å². The summed E-state index contributed by atoms with van der Waals surface area (Å²) in [4.78, 5) is 14.2. The Bertz CT molecular complexity index is 444. The highest BCUT2D eigenvalue weighted by atomic mass is 79.9. The van der Waals surface area contributed by atoms with Crippen molar-refractivity contribution in [1.82, 2.24) is 10.2 Å². The lowest BCUT2D eigenvalue weighted by Gasteiger charge is -2.39. The molecule has 0 unspecified atom stereocenters. The van der Waals surface area contributed by atoms with E-state index in [1.165, 1.54) is 5.56 Å². The number of carbonyl (C=O) groups is 1. The number of amides is 1. The Hall–Kier alpha value is -0.870. The van der Waals surface area contributed by atoms with Crippen LogP contribution in [0.1, 0.15) is 26.3 Å². The topological polar surface area (TPSA) is 32.3 Å². The second-order valence-electron chi connectivity index (χ2n) is 6.26. The minimum atomic E-state index is -0.136. The van der Waals surface area contributed by atoms with Crippen molar-refractivity contribution in [2.75, 3.05) is 13.1 Å². The quantitative estimate of drug-likeness (QED) is 0.927. The molecule has 1 N–H and O–H groups in total. The number of rotatable bonds is 3. The Morgan fingerprint density at radius 1 is 1.32 bits per heavy atom. The first-order valence-electron chi connectivity index (χ1n) is 6.62. The van der Waals surface area contributed by atoms with Gasteiger partial charge in [0.1, 0.15) is 0 Å². The number of carbonyl (C=O) groups excluding carboxylic acids is 1. The third-order valence-electron chi connectivity index (χ3n) is 3.15. The van der Waals surface area contributed by atoms with E-state index in [2.05, 4.69) is 50.4 Å². The zero-order valence-corrected chi connectivity index (χ0v) is 13.3. The second kappa shape index (κ2) is 5.63. The first-order valence-corrected chi connectivity index (χ1v) is 7.41. The molecule has 1 aromatic rings. The van der Waals surface area contributed by atoms with Crippen molar-refractivity contribution < 1.29 is 4.79 Å². The molecule has 0 aromatic heterocycles. The average molecular weight is 325 g/mol. The van der Waals surface area contributed by atoms with Crippen LogP contribution >= 0.6 is 15.9 Å². The molecule has 1 aromatic carbocycles. The zero-order valence-electron chi connectivity index (χ0n) is 11.7. The van der Waals surface area contributed by atoms with Gasteiger partial charge in [0, 0.05) is 29.6 Å². The molecule has 1 aliphatic rings. The standard InChI is InChI=1S/C15H21BrN2O/c1-15(2,3)17-14(19)12-9-18(10-12)8-11-4-6-13(16)7-5-11/h4-7,12H,8-10H2,1-3H3,(H,17,19). The van der Waals surface area contributed by atoms with Crippen molar-refractivity contribution in [3.63, 3.8) is 0 Å². The molecule has 0 bridgehead atoms. The molecule has 1 aliphatic heterocycles. The lowest BCUT2D eigenvalue weighted by molar-refractivity contribution is -0.131. The fourth-order valence-electron chi connectivity index (χ4n) is 2.18. The summed E-state index contributed by atoms with van der Waals surface area (Å²) >= 11 is 3.43. The maximum atomic E-state index is 11.9. The SMILES string of the molecule is CC(C)(C)NC(=O)C1CN(Cc2ccc(Br)cc2)C1. The molecule has 0 saturated carbocycles. The number of benzene rings is 1. The lowest BCUT2D eigenvalue weighted by Crippen LogP contribution is -2.56. The molecule has 1 fully saturated rings. The number of hydrogen-bond donors (Lipinski definition) is 1. The van der Waals surface area contributed by atoms with E-state index in [0.29, 0.717) is 0 Å². The van der Waals surface area contributed by atoms with Gasteiger partial charge in [-0.1, -0.05) is 28.1 Å². The van der Waals surface area contributed by atoms with E-state index in [0.717, 1.165) is 24.1 Å². The minimum Gasteiger partial charge on any atom is -0.351 e. The number of nitrogens with zero attached hydrogens (tertiary/aromatic N) is 1. The second-order valence-corrected chi connectivity index (χ2v) is 7.17. The van der Waals surface area contributed by atoms with E-state index < -0.39 is 0 Å². The van der Waals surface area contributed by atoms with Gasteiger partial charge in [-0.2, -0.15) is 0 Å². The molecule has 1 heterocycles. The van der Waals surface area contributed by atoms with Crippen molar-refractivity contribution in [2.45, 2.75) is 32.9 Å². The third kappa shape index (κ3) is 4.32. The molecular weight excluding hydrogens is 304 g/mol. The van der Waals surface area contributed by atoms with Crippen molar-refractivity contribution in [3.05, 3.63) is 34.3 Å². The van der Waals surface area contributed by atoms with Gasteiger partial charge in [-0.05, 0) is 38.5 Å². The highest BCUT2D eigenvalue weighted by molar-refractivity contribution is 9.10. The summed E-state index contributed by atoms with van der Waals surface area (Å²) < 4.78 is 1.10. The zero-order chi connectivity index (χ0) is 14.0. The monoisotopic (exact) mass is 324 g/mol. The van der Waals surface area contributed by atoms with E-state index in [4.69, 9.17) is 0 Å². The Morgan fingerprint density at radius 3 is 2.42 bits per heavy atom. The van der Waals surface area contributed by atoms with E-state index in [-0.39, 0.29) is 17.4 Å². The Balaban J connectivity index is 1.77. The molecule has 3 nitrogen and oxygen atoms in total. The van der Waals surface area contributed by atoms with Crippen LogP contribution in [0, 0.1) is 5.92 Å². The van der Waals surface area contributed by atoms with Crippen LogP contribution in [-0.2, 0) is 11.3 Å². The minimum absolute atomic E-state index is 0.136. The molecule has 0 radical (unpaired) electrons. The van der Waals surface area contributed by atoms with Gasteiger partial charge in [0.05, 0.1) is 5.92 Å². The van der Waals surface area contributed by atoms with Crippen LogP contribution in [0.3, 0.4) is 0 Å². The predicted octanol–water partition coefficient (Wildman–Crippen LogP) is 2.80. The lowest BCUT2D eigenvalue weighted by atomic mass is 9.96. The molecule has 19 heavy (non-hydrogen) atoms. The van der Waals surface area contributed by atoms with Gasteiger partial charge in [-0.25, -0.2) is 0 Å². The van der Waals surface area contributed by atoms with E-state index in [9.17, 15) is 4.79 Å². The average Bonchev–Trinajstić information content (AvgIpc) is 2.22. The fraction of sp³-hybridized carbons (Fsp3) is 0.533. The summed E-state index contributed by atoms with van der Waals surface area (Å²) in [6.45, 7) is 8.69. The highest BCUT2D eigenvalue weighted by Gasteiger charge is 2.33. The molecule has 104 valence electrons. The van der Waals surface area contributed by atoms with Crippen molar-refractivity contribution >= 4 is 21.8 Å². The summed E-state index contributed by atoms with van der Waals surface area (Å²) in [7, 11) is 0. The number of nitrogens with one attached hydrogen (secondary N) is 1. The number of likely N-dealkylation sites (tertiary alicyclic amines) is 1. The first kappa shape index (κ1) is 14.5. The molecule has 2 rings (SSSR count). The molecule has 0 spiro atoms. The van der Waals surface area contributed by atoms with Gasteiger partial charge in [-0.3, -0.25) is 9.69 Å². The summed E-state index contributed by atoms with van der Waals surface area (Å²) in [5.74, 6) is 0.328. The Morgan fingerprint density at radius 2 is 1.89 bits per heavy atom. The van der Waals surface area contributed by atoms with Crippen LogP contribution in [0.2, 0.25) is 0 Å². The van der Waals surface area contributed by atoms with E-state index in [1.807, 2.05) is 20.8 Å². The van der Waals surface area contributed by atoms with Gasteiger partial charge < -0.3 is 5.32 Å². The highest BCUT2D eigenvalue weighted by Crippen LogP contribution is 2.20. The summed E-state index contributed by atoms with van der Waals surface area (Å²) in [5.41, 5.74) is 1.15. The fourth-order valence-corrected chi connectivity index (χ4v) is 2.45. The van der Waals surface area contributed by atoms with E-state index in [1.54, 1.807) is 0 Å². The third-order valence-corrected chi connectivity index (χ3v) is 3.67. The smallest absolute Gasteiger partial charge is 0.226 e. The number of hydrogen-bond acceptors (Lipinski definition) is 2. The van der Waals surface area contributed by atoms with Crippen molar-refractivity contribution in [2.24, 2.45) is 5.92 Å². The van der Waals surface area contributed by atoms with Crippen LogP contribution in [0.25, 0.3) is 0 Å². The molecule has 1 amide bonds. The Kier molecular flexibility index (Phi) is 4.31. The van der Waals surface area contributed by atoms with Crippen molar-refractivity contribution in [1.29, 1.82) is 0 Å². The Labute approximate surface area is 123 Å². The maximum Gasteiger partial charge on any atom is 0.226 e. The summed E-state index contributed by atoms with van der Waals surface area (Å²) in [5, 5.41) is 3.04. The van der Waals surface area contributed by atoms with Crippen LogP contribution in [0.4, 0.5) is 0 Å². The van der Waals surface area contributed by atoms with Gasteiger partial charge >= 0.3 is 0 Å². The van der Waals surface area contributed by atoms with Crippen LogP contribution in [-0.4, -0.2) is 29.4 Å². The number of halogens is 1. The van der Waals surface area contributed by atoms with Crippen LogP contribution in [0.5, 0.6) is 0 Å². The molecule has 1 saturated heterocycles. The van der Waals surface area contributed by atoms with Crippen LogP contribution < -0.4 is 5.32 Å². The first-order chi connectivity index (χ1) is 8.83. The van der Waals surface area contributed by atoms with Gasteiger partial charge in [-0.15, -0.1) is 0 Å². The summed E-state index contributed by atoms with van der Waals surface area (Å²) in [6, 6.07) is 8.34. The van der Waals surface area contributed by atoms with Gasteiger partial charge in [0.15, 0.2) is 0 Å². The van der Waals surface area contributed by atoms with Gasteiger partial charge in [0.2, 0.25) is 5.91 Å². The van der Waals surface area contributed by atoms with Crippen molar-refractivity contribution in [3.8, 4) is 0 Å². The predicted molar refractivity (Wildman–Crippen MR) is 80.8 cm³/mol. The largest absolute Gasteiger partial charge is 0.351 e. The van der Waals surface area contributed by atoms with Gasteiger partial charge in [0.25, 0.3) is 0 Å². The van der Waals surface area contributed by atoms with Crippen LogP contribution in [0.15, 0.2) is 28.7 Å². The maximum absolute atomic E-state index is 11.9. The molecule has 0 atom stereocenters.